The van der Waals surface area contributed by atoms with E-state index in [-0.39, 0.29) is 0 Å². The van der Waals surface area contributed by atoms with Crippen molar-refractivity contribution in [3.8, 4) is 61.6 Å². The van der Waals surface area contributed by atoms with Crippen LogP contribution in [0, 0.1) is 6.92 Å². The van der Waals surface area contributed by atoms with Gasteiger partial charge in [0.05, 0.1) is 11.0 Å². The van der Waals surface area contributed by atoms with Gasteiger partial charge in [0.25, 0.3) is 0 Å². The van der Waals surface area contributed by atoms with Gasteiger partial charge >= 0.3 is 0 Å². The second kappa shape index (κ2) is 15.3. The first-order chi connectivity index (χ1) is 32.7. The highest BCUT2D eigenvalue weighted by molar-refractivity contribution is 6.23. The molecular formula is C64H42N2. The van der Waals surface area contributed by atoms with Gasteiger partial charge in [0.15, 0.2) is 0 Å². The molecule has 1 aromatic heterocycles. The molecule has 0 N–H and O–H groups in total. The van der Waals surface area contributed by atoms with Crippen LogP contribution >= 0.6 is 0 Å². The molecule has 0 bridgehead atoms. The Balaban J connectivity index is 0.933. The van der Waals surface area contributed by atoms with E-state index < -0.39 is 0 Å². The maximum absolute atomic E-state index is 5.15. The van der Waals surface area contributed by atoms with E-state index in [4.69, 9.17) is 4.98 Å². The van der Waals surface area contributed by atoms with E-state index in [1.807, 2.05) is 0 Å². The first-order valence-electron chi connectivity index (χ1n) is 22.8. The highest BCUT2D eigenvalue weighted by Gasteiger charge is 2.20. The molecule has 2 heteroatoms. The topological polar surface area (TPSA) is 17.8 Å². The molecule has 0 aliphatic carbocycles. The smallest absolute Gasteiger partial charge is 0.145 e. The van der Waals surface area contributed by atoms with Crippen LogP contribution in [-0.4, -0.2) is 9.55 Å². The summed E-state index contributed by atoms with van der Waals surface area (Å²) in [4.78, 5) is 5.15. The predicted octanol–water partition coefficient (Wildman–Crippen LogP) is 17.4. The summed E-state index contributed by atoms with van der Waals surface area (Å²) in [6, 6.07) is 86.6. The van der Waals surface area contributed by atoms with Gasteiger partial charge in [-0.2, -0.15) is 0 Å². The van der Waals surface area contributed by atoms with Crippen molar-refractivity contribution in [3.63, 3.8) is 0 Å². The van der Waals surface area contributed by atoms with Gasteiger partial charge in [0.1, 0.15) is 5.82 Å². The van der Waals surface area contributed by atoms with Crippen molar-refractivity contribution in [1.29, 1.82) is 0 Å². The van der Waals surface area contributed by atoms with Crippen LogP contribution < -0.4 is 0 Å². The average molecular weight is 839 g/mol. The molecule has 0 spiro atoms. The minimum absolute atomic E-state index is 0.931. The zero-order valence-electron chi connectivity index (χ0n) is 36.4. The molecule has 0 saturated heterocycles. The number of benzene rings is 12. The number of aryl methyl sites for hydroxylation is 1. The fourth-order valence-corrected chi connectivity index (χ4v) is 10.6. The third-order valence-electron chi connectivity index (χ3n) is 13.6. The van der Waals surface area contributed by atoms with Gasteiger partial charge in [0, 0.05) is 11.3 Å². The van der Waals surface area contributed by atoms with Gasteiger partial charge in [-0.25, -0.2) is 4.98 Å². The number of imidazole rings is 1. The van der Waals surface area contributed by atoms with Gasteiger partial charge < -0.3 is 0 Å². The van der Waals surface area contributed by atoms with Gasteiger partial charge in [-0.15, -0.1) is 0 Å². The monoisotopic (exact) mass is 838 g/mol. The van der Waals surface area contributed by atoms with Crippen LogP contribution in [0.25, 0.3) is 126 Å². The Kier molecular flexibility index (Phi) is 8.79. The summed E-state index contributed by atoms with van der Waals surface area (Å²) in [5, 5.41) is 12.5. The Morgan fingerprint density at radius 2 is 0.652 bits per heavy atom. The van der Waals surface area contributed by atoms with E-state index in [1.54, 1.807) is 0 Å². The van der Waals surface area contributed by atoms with Crippen molar-refractivity contribution in [2.24, 2.45) is 0 Å². The molecule has 13 aromatic rings. The Morgan fingerprint density at radius 3 is 1.11 bits per heavy atom. The largest absolute Gasteiger partial charge is 0.292 e. The van der Waals surface area contributed by atoms with Gasteiger partial charge in [-0.05, 0) is 142 Å². The molecule has 2 nitrogen and oxygen atoms in total. The number of fused-ring (bicyclic) bond motifs is 6. The standard InChI is InChI=1S/C64H42N2/c1-41-27-29-42(30-28-41)60-50-17-5-9-21-54(50)62(55-22-10-6-18-51(55)60)47-37-35-46-40-48(38-36-45(46)39-47)63-56-23-11-7-19-52(56)61(53-20-8-12-24-57(53)63)43-31-33-44(34-32-43)64-65-58-25-13-14-26-59(58)66(64)49-15-3-2-4-16-49/h2-40H,1H3. The number of aromatic nitrogens is 2. The molecule has 0 amide bonds. The molecule has 0 aliphatic heterocycles. The van der Waals surface area contributed by atoms with Crippen molar-refractivity contribution >= 4 is 64.9 Å². The highest BCUT2D eigenvalue weighted by Crippen LogP contribution is 2.47. The van der Waals surface area contributed by atoms with Crippen molar-refractivity contribution in [3.05, 3.63) is 242 Å². The quantitative estimate of drug-likeness (QED) is 0.153. The summed E-state index contributed by atoms with van der Waals surface area (Å²) in [5.74, 6) is 0.931. The van der Waals surface area contributed by atoms with Crippen LogP contribution in [0.15, 0.2) is 237 Å². The van der Waals surface area contributed by atoms with Crippen LogP contribution in [0.1, 0.15) is 5.56 Å². The van der Waals surface area contributed by atoms with E-state index >= 15 is 0 Å². The lowest BCUT2D eigenvalue weighted by molar-refractivity contribution is 1.10. The molecule has 0 aliphatic rings. The molecule has 13 rings (SSSR count). The summed E-state index contributed by atoms with van der Waals surface area (Å²) in [6.45, 7) is 2.15. The highest BCUT2D eigenvalue weighted by atomic mass is 15.1. The third kappa shape index (κ3) is 6.07. The van der Waals surface area contributed by atoms with Crippen LogP contribution in [-0.2, 0) is 0 Å². The minimum atomic E-state index is 0.931. The van der Waals surface area contributed by atoms with Crippen LogP contribution in [0.2, 0.25) is 0 Å². The minimum Gasteiger partial charge on any atom is -0.292 e. The number of nitrogens with zero attached hydrogens (tertiary/aromatic N) is 2. The summed E-state index contributed by atoms with van der Waals surface area (Å²) in [5.41, 5.74) is 15.4. The van der Waals surface area contributed by atoms with E-state index in [2.05, 4.69) is 248 Å². The predicted molar refractivity (Wildman–Crippen MR) is 281 cm³/mol. The number of para-hydroxylation sites is 3. The van der Waals surface area contributed by atoms with E-state index in [1.165, 1.54) is 104 Å². The Morgan fingerprint density at radius 1 is 0.303 bits per heavy atom. The maximum Gasteiger partial charge on any atom is 0.145 e. The Hall–Kier alpha value is -8.59. The molecule has 0 radical (unpaired) electrons. The second-order valence-electron chi connectivity index (χ2n) is 17.5. The first kappa shape index (κ1) is 37.9. The lowest BCUT2D eigenvalue weighted by Crippen LogP contribution is -1.97. The molecule has 0 atom stereocenters. The molecule has 0 saturated carbocycles. The fraction of sp³-hybridized carbons (Fsp3) is 0.0156. The van der Waals surface area contributed by atoms with E-state index in [0.717, 1.165) is 28.1 Å². The maximum atomic E-state index is 5.15. The molecule has 0 fully saturated rings. The third-order valence-corrected chi connectivity index (χ3v) is 13.6. The number of rotatable bonds is 6. The molecule has 308 valence electrons. The molecule has 0 unspecified atom stereocenters. The zero-order chi connectivity index (χ0) is 43.7. The summed E-state index contributed by atoms with van der Waals surface area (Å²) in [7, 11) is 0. The average Bonchev–Trinajstić information content (AvgIpc) is 3.77. The van der Waals surface area contributed by atoms with Crippen LogP contribution in [0.5, 0.6) is 0 Å². The summed E-state index contributed by atoms with van der Waals surface area (Å²) in [6.07, 6.45) is 0. The van der Waals surface area contributed by atoms with Gasteiger partial charge in [0.2, 0.25) is 0 Å². The second-order valence-corrected chi connectivity index (χ2v) is 17.5. The first-order valence-corrected chi connectivity index (χ1v) is 22.8. The number of hydrogen-bond acceptors (Lipinski definition) is 1. The normalized spacial score (nSPS) is 11.7. The van der Waals surface area contributed by atoms with Crippen LogP contribution in [0.3, 0.4) is 0 Å². The summed E-state index contributed by atoms with van der Waals surface area (Å²) >= 11 is 0. The molecule has 12 aromatic carbocycles. The van der Waals surface area contributed by atoms with Gasteiger partial charge in [-0.3, -0.25) is 4.57 Å². The van der Waals surface area contributed by atoms with Crippen molar-refractivity contribution in [1.82, 2.24) is 9.55 Å². The summed E-state index contributed by atoms with van der Waals surface area (Å²) < 4.78 is 2.27. The van der Waals surface area contributed by atoms with Crippen molar-refractivity contribution in [2.45, 2.75) is 6.92 Å². The SMILES string of the molecule is Cc1ccc(-c2c3ccccc3c(-c3ccc4cc(-c5c6ccccc6c(-c6ccc(-c7nc8ccccc8n7-c7ccccc7)cc6)c6ccccc56)ccc4c3)c3ccccc23)cc1. The number of hydrogen-bond donors (Lipinski definition) is 0. The Labute approximate surface area is 383 Å². The van der Waals surface area contributed by atoms with E-state index in [9.17, 15) is 0 Å². The van der Waals surface area contributed by atoms with Gasteiger partial charge in [-0.1, -0.05) is 206 Å². The zero-order valence-corrected chi connectivity index (χ0v) is 36.4. The van der Waals surface area contributed by atoms with Crippen molar-refractivity contribution < 1.29 is 0 Å². The van der Waals surface area contributed by atoms with E-state index in [0.29, 0.717) is 0 Å². The molecule has 1 heterocycles. The molecule has 66 heavy (non-hydrogen) atoms. The lowest BCUT2D eigenvalue weighted by Gasteiger charge is -2.19. The van der Waals surface area contributed by atoms with Crippen molar-refractivity contribution in [2.75, 3.05) is 0 Å². The Bertz CT molecular complexity index is 3910. The molecular weight excluding hydrogens is 797 g/mol. The lowest BCUT2D eigenvalue weighted by atomic mass is 9.84. The fourth-order valence-electron chi connectivity index (χ4n) is 10.6. The van der Waals surface area contributed by atoms with Crippen LogP contribution in [0.4, 0.5) is 0 Å².